The molecule has 0 aromatic carbocycles. The second kappa shape index (κ2) is 54.0. The van der Waals surface area contributed by atoms with E-state index in [9.17, 15) is 34.5 Å². The minimum Gasteiger partial charge on any atom is -0.479 e. The fourth-order valence-corrected chi connectivity index (χ4v) is 8.69. The van der Waals surface area contributed by atoms with Crippen molar-refractivity contribution in [2.45, 2.75) is 276 Å². The number of aliphatic hydroxyl groups excluding tert-OH is 2. The molecular weight excluding hydrogens is 997 g/mol. The third kappa shape index (κ3) is 43.8. The van der Waals surface area contributed by atoms with E-state index in [1.165, 1.54) is 83.5 Å². The van der Waals surface area contributed by atoms with Crippen LogP contribution in [0.1, 0.15) is 239 Å². The largest absolute Gasteiger partial charge is 0.479 e. The molecule has 0 aliphatic carbocycles. The van der Waals surface area contributed by atoms with Crippen molar-refractivity contribution in [3.05, 3.63) is 109 Å². The lowest BCUT2D eigenvalue weighted by atomic mass is 9.98. The standard InChI is InChI=1S/C67H108O12/c1-4-7-10-13-16-19-22-25-28-30-33-35-38-41-44-47-50-53-59(68)75-56-58(77-60(69)54-51-48-45-42-39-37-34-31-29-26-23-20-17-14-11-8-5-2)57-76-67-65(63(72)62(71)64(79-67)66(73)74)78-61(70)55-52-49-46-43-40-36-32-27-24-21-18-15-12-9-6-3/h7,9-10,12,16,18-19,21,25,27-28,32-33,35,40-41,43-44,58,62-65,67,71-72H,4-6,8,11,13-15,17,20,22-24,26,29-31,34,36-39,42,45-57H2,1-3H3,(H,73,74)/b10-7-,12-9-,19-16-,21-18-,28-25-,32-27-,35-33-,43-40-,44-41-. The van der Waals surface area contributed by atoms with Crippen molar-refractivity contribution in [1.82, 2.24) is 0 Å². The number of carboxylic acid groups (broad SMARTS) is 1. The smallest absolute Gasteiger partial charge is 0.335 e. The Morgan fingerprint density at radius 2 is 0.810 bits per heavy atom. The zero-order valence-electron chi connectivity index (χ0n) is 49.3. The highest BCUT2D eigenvalue weighted by molar-refractivity contribution is 5.74. The number of rotatable bonds is 51. The monoisotopic (exact) mass is 1100 g/mol. The van der Waals surface area contributed by atoms with E-state index in [4.69, 9.17) is 23.7 Å². The molecule has 1 fully saturated rings. The van der Waals surface area contributed by atoms with E-state index in [0.29, 0.717) is 32.1 Å². The number of esters is 3. The van der Waals surface area contributed by atoms with Gasteiger partial charge in [-0.25, -0.2) is 4.79 Å². The van der Waals surface area contributed by atoms with E-state index in [0.717, 1.165) is 83.5 Å². The number of carboxylic acids is 1. The second-order valence-corrected chi connectivity index (χ2v) is 20.6. The number of ether oxygens (including phenoxy) is 5. The van der Waals surface area contributed by atoms with Crippen LogP contribution in [0.5, 0.6) is 0 Å². The lowest BCUT2D eigenvalue weighted by Crippen LogP contribution is -2.61. The van der Waals surface area contributed by atoms with Gasteiger partial charge in [0.25, 0.3) is 0 Å². The molecule has 0 amide bonds. The Balaban J connectivity index is 2.74. The Labute approximate surface area is 478 Å². The van der Waals surface area contributed by atoms with Gasteiger partial charge in [0, 0.05) is 19.3 Å². The molecule has 0 saturated carbocycles. The van der Waals surface area contributed by atoms with Crippen LogP contribution in [0.3, 0.4) is 0 Å². The van der Waals surface area contributed by atoms with Gasteiger partial charge in [-0.3, -0.25) is 14.4 Å². The summed E-state index contributed by atoms with van der Waals surface area (Å²) in [6.07, 6.45) is 60.6. The lowest BCUT2D eigenvalue weighted by molar-refractivity contribution is -0.301. The van der Waals surface area contributed by atoms with Gasteiger partial charge in [-0.05, 0) is 96.3 Å². The Bertz CT molecular complexity index is 1790. The quantitative estimate of drug-likeness (QED) is 0.0228. The van der Waals surface area contributed by atoms with E-state index in [1.54, 1.807) is 0 Å². The lowest BCUT2D eigenvalue weighted by Gasteiger charge is -2.40. The van der Waals surface area contributed by atoms with E-state index in [-0.39, 0.29) is 25.9 Å². The maximum absolute atomic E-state index is 13.2. The van der Waals surface area contributed by atoms with Crippen LogP contribution in [-0.4, -0.2) is 89.2 Å². The predicted molar refractivity (Wildman–Crippen MR) is 321 cm³/mol. The molecule has 0 radical (unpaired) electrons. The van der Waals surface area contributed by atoms with Crippen LogP contribution in [0.4, 0.5) is 0 Å². The maximum atomic E-state index is 13.2. The van der Waals surface area contributed by atoms with Crippen molar-refractivity contribution in [1.29, 1.82) is 0 Å². The molecule has 0 aromatic heterocycles. The molecule has 0 bridgehead atoms. The zero-order valence-corrected chi connectivity index (χ0v) is 49.3. The molecule has 79 heavy (non-hydrogen) atoms. The molecule has 1 heterocycles. The Kier molecular flexibility index (Phi) is 49.5. The SMILES string of the molecule is CC/C=C\C/C=C\C/C=C\C/C=C\C/C=C\CCCC(=O)OCC(COC1OC(C(=O)O)C(O)C(O)C1OC(=O)CCCC/C=C\C/C=C\C/C=C\C/C=C\CC)OC(=O)CCCCCCCCCCCCCCCCCCC. The normalized spacial score (nSPS) is 18.6. The van der Waals surface area contributed by atoms with Gasteiger partial charge < -0.3 is 39.0 Å². The summed E-state index contributed by atoms with van der Waals surface area (Å²) < 4.78 is 28.4. The number of aliphatic carboxylic acids is 1. The number of unbranched alkanes of at least 4 members (excludes halogenated alkanes) is 19. The van der Waals surface area contributed by atoms with Crippen LogP contribution in [0.15, 0.2) is 109 Å². The van der Waals surface area contributed by atoms with Crippen molar-refractivity contribution in [2.24, 2.45) is 0 Å². The van der Waals surface area contributed by atoms with Gasteiger partial charge in [-0.1, -0.05) is 233 Å². The summed E-state index contributed by atoms with van der Waals surface area (Å²) in [5.41, 5.74) is 0. The summed E-state index contributed by atoms with van der Waals surface area (Å²) in [4.78, 5) is 51.2. The summed E-state index contributed by atoms with van der Waals surface area (Å²) in [5.74, 6) is -3.26. The molecule has 1 aliphatic rings. The van der Waals surface area contributed by atoms with Crippen LogP contribution < -0.4 is 0 Å². The van der Waals surface area contributed by atoms with E-state index in [1.807, 2.05) is 6.08 Å². The fraction of sp³-hybridized carbons (Fsp3) is 0.672. The number of carbonyl (C=O) groups is 4. The minimum absolute atomic E-state index is 0.00140. The molecule has 6 unspecified atom stereocenters. The number of aliphatic hydroxyl groups is 2. The summed E-state index contributed by atoms with van der Waals surface area (Å²) >= 11 is 0. The van der Waals surface area contributed by atoms with Gasteiger partial charge in [0.1, 0.15) is 18.8 Å². The average molecular weight is 1110 g/mol. The van der Waals surface area contributed by atoms with Gasteiger partial charge in [0.15, 0.2) is 24.6 Å². The second-order valence-electron chi connectivity index (χ2n) is 20.6. The fourth-order valence-electron chi connectivity index (χ4n) is 8.69. The molecule has 448 valence electrons. The first-order chi connectivity index (χ1) is 38.6. The maximum Gasteiger partial charge on any atom is 0.335 e. The highest BCUT2D eigenvalue weighted by Gasteiger charge is 2.50. The first-order valence-corrected chi connectivity index (χ1v) is 30.9. The van der Waals surface area contributed by atoms with Crippen molar-refractivity contribution in [3.63, 3.8) is 0 Å². The van der Waals surface area contributed by atoms with Crippen LogP contribution >= 0.6 is 0 Å². The van der Waals surface area contributed by atoms with Crippen molar-refractivity contribution < 1.29 is 58.2 Å². The van der Waals surface area contributed by atoms with Crippen LogP contribution in [0, 0.1) is 0 Å². The Morgan fingerprint density at radius 3 is 1.25 bits per heavy atom. The number of hydrogen-bond donors (Lipinski definition) is 3. The molecule has 6 atom stereocenters. The number of allylic oxidation sites excluding steroid dienone is 18. The molecule has 0 aromatic rings. The van der Waals surface area contributed by atoms with E-state index >= 15 is 0 Å². The van der Waals surface area contributed by atoms with Crippen molar-refractivity contribution in [3.8, 4) is 0 Å². The van der Waals surface area contributed by atoms with Gasteiger partial charge >= 0.3 is 23.9 Å². The molecule has 3 N–H and O–H groups in total. The molecule has 1 aliphatic heterocycles. The van der Waals surface area contributed by atoms with Crippen molar-refractivity contribution in [2.75, 3.05) is 13.2 Å². The number of hydrogen-bond acceptors (Lipinski definition) is 11. The van der Waals surface area contributed by atoms with Crippen molar-refractivity contribution >= 4 is 23.9 Å². The van der Waals surface area contributed by atoms with Crippen LogP contribution in [-0.2, 0) is 42.9 Å². The highest BCUT2D eigenvalue weighted by Crippen LogP contribution is 2.26. The predicted octanol–water partition coefficient (Wildman–Crippen LogP) is 16.2. The molecule has 12 heteroatoms. The summed E-state index contributed by atoms with van der Waals surface area (Å²) in [6.45, 7) is 5.71. The topological polar surface area (TPSA) is 175 Å². The summed E-state index contributed by atoms with van der Waals surface area (Å²) in [5, 5.41) is 31.5. The Morgan fingerprint density at radius 1 is 0.430 bits per heavy atom. The summed E-state index contributed by atoms with van der Waals surface area (Å²) in [6, 6.07) is 0. The van der Waals surface area contributed by atoms with Gasteiger partial charge in [0.05, 0.1) is 6.61 Å². The first kappa shape index (κ1) is 72.4. The van der Waals surface area contributed by atoms with Gasteiger partial charge in [-0.2, -0.15) is 0 Å². The third-order valence-corrected chi connectivity index (χ3v) is 13.3. The Hall–Kier alpha value is -4.62. The van der Waals surface area contributed by atoms with Gasteiger partial charge in [0.2, 0.25) is 0 Å². The first-order valence-electron chi connectivity index (χ1n) is 30.9. The molecule has 1 rings (SSSR count). The number of carbonyl (C=O) groups excluding carboxylic acids is 3. The van der Waals surface area contributed by atoms with Gasteiger partial charge in [-0.15, -0.1) is 0 Å². The van der Waals surface area contributed by atoms with E-state index < -0.39 is 67.3 Å². The zero-order chi connectivity index (χ0) is 57.5. The van der Waals surface area contributed by atoms with E-state index in [2.05, 4.69) is 124 Å². The molecule has 1 saturated heterocycles. The summed E-state index contributed by atoms with van der Waals surface area (Å²) in [7, 11) is 0. The molecular formula is C67H108O12. The molecule has 0 spiro atoms. The minimum atomic E-state index is -1.93. The van der Waals surface area contributed by atoms with Crippen LogP contribution in [0.25, 0.3) is 0 Å². The highest BCUT2D eigenvalue weighted by atomic mass is 16.7. The third-order valence-electron chi connectivity index (χ3n) is 13.3. The average Bonchev–Trinajstić information content (AvgIpc) is 3.46. The molecule has 12 nitrogen and oxygen atoms in total. The van der Waals surface area contributed by atoms with Crippen LogP contribution in [0.2, 0.25) is 0 Å².